The van der Waals surface area contributed by atoms with Gasteiger partial charge in [0.15, 0.2) is 11.5 Å². The highest BCUT2D eigenvalue weighted by molar-refractivity contribution is 5.90. The Bertz CT molecular complexity index is 1280. The highest BCUT2D eigenvalue weighted by Gasteiger charge is 2.35. The monoisotopic (exact) mass is 491 g/mol. The number of anilines is 2. The standard InChI is InChI=1S/C26H29N5O5/c1-29(12-17-13-30(14-17)21-7-8-27-20-4-6-24(33-2)28-25(20)21)15-19-16-31(26(32)36-19)18-3-5-22-23(11-18)35-10-9-34-22/h3-8,11,17,19H,9-10,12-16H2,1-2H3/t19-/m0/s1. The molecule has 5 heterocycles. The van der Waals surface area contributed by atoms with Crippen LogP contribution in [0.15, 0.2) is 42.6 Å². The number of hydrogen-bond donors (Lipinski definition) is 0. The third-order valence-corrected chi connectivity index (χ3v) is 6.84. The van der Waals surface area contributed by atoms with Crippen LogP contribution in [0.2, 0.25) is 0 Å². The number of carbonyl (C=O) groups excluding carboxylic acids is 1. The molecule has 0 aliphatic carbocycles. The molecule has 1 aromatic carbocycles. The molecule has 0 radical (unpaired) electrons. The summed E-state index contributed by atoms with van der Waals surface area (Å²) in [7, 11) is 3.70. The molecule has 36 heavy (non-hydrogen) atoms. The van der Waals surface area contributed by atoms with Gasteiger partial charge in [-0.2, -0.15) is 0 Å². The van der Waals surface area contributed by atoms with Crippen molar-refractivity contribution < 1.29 is 23.7 Å². The van der Waals surface area contributed by atoms with Gasteiger partial charge in [0, 0.05) is 50.4 Å². The van der Waals surface area contributed by atoms with Crippen LogP contribution in [-0.4, -0.2) is 87.2 Å². The second kappa shape index (κ2) is 9.34. The van der Waals surface area contributed by atoms with Crippen molar-refractivity contribution in [1.82, 2.24) is 14.9 Å². The van der Waals surface area contributed by atoms with Crippen LogP contribution >= 0.6 is 0 Å². The molecule has 2 aromatic heterocycles. The lowest BCUT2D eigenvalue weighted by Gasteiger charge is -2.43. The molecular weight excluding hydrogens is 462 g/mol. The average molecular weight is 492 g/mol. The van der Waals surface area contributed by atoms with Gasteiger partial charge in [-0.05, 0) is 31.3 Å². The molecule has 188 valence electrons. The molecule has 1 amide bonds. The Labute approximate surface area is 209 Å². The van der Waals surface area contributed by atoms with Crippen LogP contribution in [0.3, 0.4) is 0 Å². The minimum atomic E-state index is -0.326. The lowest BCUT2D eigenvalue weighted by atomic mass is 9.98. The topological polar surface area (TPSA) is 89.5 Å². The predicted molar refractivity (Wildman–Crippen MR) is 134 cm³/mol. The number of pyridine rings is 2. The third kappa shape index (κ3) is 4.32. The maximum Gasteiger partial charge on any atom is 0.414 e. The van der Waals surface area contributed by atoms with E-state index < -0.39 is 0 Å². The molecule has 1 atom stereocenters. The average Bonchev–Trinajstić information content (AvgIpc) is 3.24. The normalized spacial score (nSPS) is 19.5. The third-order valence-electron chi connectivity index (χ3n) is 6.84. The van der Waals surface area contributed by atoms with Crippen molar-refractivity contribution in [3.8, 4) is 17.4 Å². The second-order valence-electron chi connectivity index (χ2n) is 9.49. The van der Waals surface area contributed by atoms with Crippen molar-refractivity contribution in [3.05, 3.63) is 42.6 Å². The highest BCUT2D eigenvalue weighted by atomic mass is 16.6. The van der Waals surface area contributed by atoms with E-state index in [4.69, 9.17) is 18.9 Å². The Kier molecular flexibility index (Phi) is 5.88. The zero-order chi connectivity index (χ0) is 24.6. The fourth-order valence-electron chi connectivity index (χ4n) is 5.13. The number of likely N-dealkylation sites (N-methyl/N-ethyl adjacent to an activating group) is 1. The van der Waals surface area contributed by atoms with Crippen molar-refractivity contribution in [2.45, 2.75) is 6.10 Å². The molecule has 3 aliphatic heterocycles. The first-order valence-corrected chi connectivity index (χ1v) is 12.2. The molecule has 6 rings (SSSR count). The molecule has 2 fully saturated rings. The first-order chi connectivity index (χ1) is 17.6. The molecule has 3 aromatic rings. The quantitative estimate of drug-likeness (QED) is 0.495. The maximum atomic E-state index is 12.6. The molecule has 0 saturated carbocycles. The Morgan fingerprint density at radius 3 is 2.72 bits per heavy atom. The number of ether oxygens (including phenoxy) is 4. The van der Waals surface area contributed by atoms with Crippen molar-refractivity contribution in [2.75, 3.05) is 69.9 Å². The first-order valence-electron chi connectivity index (χ1n) is 12.2. The Balaban J connectivity index is 1.03. The minimum Gasteiger partial charge on any atom is -0.486 e. The van der Waals surface area contributed by atoms with Crippen LogP contribution in [0.25, 0.3) is 11.0 Å². The van der Waals surface area contributed by atoms with E-state index in [2.05, 4.69) is 26.8 Å². The number of hydrogen-bond acceptors (Lipinski definition) is 9. The number of amides is 1. The minimum absolute atomic E-state index is 0.187. The van der Waals surface area contributed by atoms with Gasteiger partial charge in [0.2, 0.25) is 5.88 Å². The van der Waals surface area contributed by atoms with E-state index in [-0.39, 0.29) is 12.2 Å². The van der Waals surface area contributed by atoms with Gasteiger partial charge in [-0.3, -0.25) is 9.88 Å². The van der Waals surface area contributed by atoms with Crippen LogP contribution in [0.4, 0.5) is 16.2 Å². The van der Waals surface area contributed by atoms with Gasteiger partial charge in [0.25, 0.3) is 0 Å². The molecule has 0 N–H and O–H groups in total. The number of nitrogens with zero attached hydrogens (tertiary/aromatic N) is 5. The lowest BCUT2D eigenvalue weighted by molar-refractivity contribution is 0.110. The van der Waals surface area contributed by atoms with Gasteiger partial charge < -0.3 is 28.7 Å². The first kappa shape index (κ1) is 22.7. The fourth-order valence-corrected chi connectivity index (χ4v) is 5.13. The van der Waals surface area contributed by atoms with Crippen LogP contribution in [0, 0.1) is 5.92 Å². The molecule has 0 unspecified atom stereocenters. The SMILES string of the molecule is COc1ccc2nccc(N3CC(CN(C)C[C@H]4CN(c5ccc6c(c5)OCCO6)C(=O)O4)C3)c2n1. The maximum absolute atomic E-state index is 12.6. The summed E-state index contributed by atoms with van der Waals surface area (Å²) in [6.45, 7) is 5.04. The van der Waals surface area contributed by atoms with Gasteiger partial charge >= 0.3 is 6.09 Å². The van der Waals surface area contributed by atoms with Gasteiger partial charge in [-0.15, -0.1) is 0 Å². The predicted octanol–water partition coefficient (Wildman–Crippen LogP) is 2.80. The Hall–Kier alpha value is -3.79. The number of fused-ring (bicyclic) bond motifs is 2. The van der Waals surface area contributed by atoms with Crippen molar-refractivity contribution in [2.24, 2.45) is 5.92 Å². The van der Waals surface area contributed by atoms with Gasteiger partial charge in [-0.25, -0.2) is 9.78 Å². The van der Waals surface area contributed by atoms with Crippen LogP contribution in [0.1, 0.15) is 0 Å². The second-order valence-corrected chi connectivity index (χ2v) is 9.49. The summed E-state index contributed by atoms with van der Waals surface area (Å²) in [5.41, 5.74) is 3.57. The summed E-state index contributed by atoms with van der Waals surface area (Å²) in [5, 5.41) is 0. The van der Waals surface area contributed by atoms with E-state index in [1.54, 1.807) is 12.0 Å². The van der Waals surface area contributed by atoms with Crippen LogP contribution in [-0.2, 0) is 4.74 Å². The summed E-state index contributed by atoms with van der Waals surface area (Å²) in [6.07, 6.45) is 1.31. The number of benzene rings is 1. The molecule has 2 saturated heterocycles. The van der Waals surface area contributed by atoms with E-state index in [9.17, 15) is 4.79 Å². The number of carbonyl (C=O) groups is 1. The highest BCUT2D eigenvalue weighted by Crippen LogP contribution is 2.35. The van der Waals surface area contributed by atoms with Gasteiger partial charge in [0.1, 0.15) is 24.8 Å². The summed E-state index contributed by atoms with van der Waals surface area (Å²) < 4.78 is 22.2. The smallest absolute Gasteiger partial charge is 0.414 e. The molecule has 3 aliphatic rings. The largest absolute Gasteiger partial charge is 0.486 e. The van der Waals surface area contributed by atoms with E-state index in [1.165, 1.54) is 0 Å². The zero-order valence-electron chi connectivity index (χ0n) is 20.4. The molecule has 10 nitrogen and oxygen atoms in total. The summed E-state index contributed by atoms with van der Waals surface area (Å²) in [4.78, 5) is 27.8. The van der Waals surface area contributed by atoms with Crippen LogP contribution in [0.5, 0.6) is 17.4 Å². The molecular formula is C26H29N5O5. The summed E-state index contributed by atoms with van der Waals surface area (Å²) >= 11 is 0. The fraction of sp³-hybridized carbons (Fsp3) is 0.423. The van der Waals surface area contributed by atoms with Crippen molar-refractivity contribution in [3.63, 3.8) is 0 Å². The summed E-state index contributed by atoms with van der Waals surface area (Å²) in [6, 6.07) is 11.3. The van der Waals surface area contributed by atoms with E-state index in [0.29, 0.717) is 49.6 Å². The number of rotatable bonds is 7. The summed E-state index contributed by atoms with van der Waals surface area (Å²) in [5.74, 6) is 2.48. The van der Waals surface area contributed by atoms with E-state index in [1.807, 2.05) is 42.6 Å². The van der Waals surface area contributed by atoms with E-state index >= 15 is 0 Å². The Morgan fingerprint density at radius 1 is 1.06 bits per heavy atom. The number of cyclic esters (lactones) is 1. The molecule has 10 heteroatoms. The van der Waals surface area contributed by atoms with Crippen molar-refractivity contribution >= 4 is 28.5 Å². The number of aromatic nitrogens is 2. The van der Waals surface area contributed by atoms with Gasteiger partial charge in [-0.1, -0.05) is 0 Å². The molecule has 0 spiro atoms. The lowest BCUT2D eigenvalue weighted by Crippen LogP contribution is -2.52. The molecule has 0 bridgehead atoms. The van der Waals surface area contributed by atoms with E-state index in [0.717, 1.165) is 42.0 Å². The van der Waals surface area contributed by atoms with Crippen LogP contribution < -0.4 is 24.0 Å². The Morgan fingerprint density at radius 2 is 1.89 bits per heavy atom. The van der Waals surface area contributed by atoms with Gasteiger partial charge in [0.05, 0.1) is 30.5 Å². The zero-order valence-corrected chi connectivity index (χ0v) is 20.4. The number of methoxy groups -OCH3 is 1. The van der Waals surface area contributed by atoms with Crippen molar-refractivity contribution in [1.29, 1.82) is 0 Å².